The summed E-state index contributed by atoms with van der Waals surface area (Å²) in [6.07, 6.45) is 0. The van der Waals surface area contributed by atoms with Gasteiger partial charge in [-0.25, -0.2) is 15.0 Å². The minimum absolute atomic E-state index is 0.157. The molecule has 8 aromatic carbocycles. The van der Waals surface area contributed by atoms with Gasteiger partial charge in [-0.2, -0.15) is 0 Å². The van der Waals surface area contributed by atoms with Crippen molar-refractivity contribution in [3.63, 3.8) is 0 Å². The van der Waals surface area contributed by atoms with Crippen LogP contribution in [0.15, 0.2) is 185 Å². The molecule has 0 aliphatic heterocycles. The molecule has 0 saturated heterocycles. The molecule has 0 spiro atoms. The van der Waals surface area contributed by atoms with E-state index in [1.54, 1.807) is 0 Å². The molecular formula is C54H35N3O2. The average Bonchev–Trinajstić information content (AvgIpc) is 3.94. The van der Waals surface area contributed by atoms with Crippen molar-refractivity contribution in [2.45, 2.75) is 19.3 Å². The van der Waals surface area contributed by atoms with Gasteiger partial charge in [0.05, 0.1) is 0 Å². The number of hydrogen-bond donors (Lipinski definition) is 0. The first-order valence-electron chi connectivity index (χ1n) is 20.0. The van der Waals surface area contributed by atoms with Crippen molar-refractivity contribution in [1.29, 1.82) is 0 Å². The maximum absolute atomic E-state index is 6.57. The van der Waals surface area contributed by atoms with Gasteiger partial charge in [0.25, 0.3) is 0 Å². The number of fused-ring (bicyclic) bond motifs is 9. The lowest BCUT2D eigenvalue weighted by molar-refractivity contribution is 0.660. The maximum Gasteiger partial charge on any atom is 0.164 e. The lowest BCUT2D eigenvalue weighted by Gasteiger charge is -2.21. The van der Waals surface area contributed by atoms with Crippen molar-refractivity contribution < 1.29 is 8.83 Å². The summed E-state index contributed by atoms with van der Waals surface area (Å²) in [4.78, 5) is 15.6. The van der Waals surface area contributed by atoms with Gasteiger partial charge in [-0.05, 0) is 80.9 Å². The summed E-state index contributed by atoms with van der Waals surface area (Å²) in [5.74, 6) is 1.83. The van der Waals surface area contributed by atoms with Crippen molar-refractivity contribution in [1.82, 2.24) is 15.0 Å². The third kappa shape index (κ3) is 5.14. The lowest BCUT2D eigenvalue weighted by atomic mass is 9.82. The van der Waals surface area contributed by atoms with Gasteiger partial charge in [0.1, 0.15) is 22.3 Å². The fourth-order valence-corrected chi connectivity index (χ4v) is 9.33. The highest BCUT2D eigenvalue weighted by atomic mass is 16.3. The lowest BCUT2D eigenvalue weighted by Crippen LogP contribution is -2.15. The largest absolute Gasteiger partial charge is 0.456 e. The minimum Gasteiger partial charge on any atom is -0.456 e. The topological polar surface area (TPSA) is 65.0 Å². The molecule has 5 heteroatoms. The molecule has 0 bridgehead atoms. The number of rotatable bonds is 5. The van der Waals surface area contributed by atoms with Crippen LogP contribution < -0.4 is 0 Å². The van der Waals surface area contributed by atoms with Gasteiger partial charge in [0.2, 0.25) is 0 Å². The molecular weight excluding hydrogens is 723 g/mol. The summed E-state index contributed by atoms with van der Waals surface area (Å²) in [6.45, 7) is 4.60. The van der Waals surface area contributed by atoms with Gasteiger partial charge in [0, 0.05) is 43.7 Å². The van der Waals surface area contributed by atoms with Gasteiger partial charge in [-0.1, -0.05) is 153 Å². The Bertz CT molecular complexity index is 3470. The van der Waals surface area contributed by atoms with E-state index in [2.05, 4.69) is 153 Å². The number of furan rings is 2. The van der Waals surface area contributed by atoms with E-state index < -0.39 is 0 Å². The fraction of sp³-hybridized carbons (Fsp3) is 0.0556. The smallest absolute Gasteiger partial charge is 0.164 e. The molecule has 1 aliphatic carbocycles. The van der Waals surface area contributed by atoms with Crippen LogP contribution >= 0.6 is 0 Å². The van der Waals surface area contributed by atoms with Crippen LogP contribution in [0.5, 0.6) is 0 Å². The third-order valence-electron chi connectivity index (χ3n) is 12.2. The van der Waals surface area contributed by atoms with E-state index in [1.165, 1.54) is 22.3 Å². The first-order chi connectivity index (χ1) is 29.0. The highest BCUT2D eigenvalue weighted by Crippen LogP contribution is 2.50. The summed E-state index contributed by atoms with van der Waals surface area (Å²) in [7, 11) is 0. The highest BCUT2D eigenvalue weighted by Gasteiger charge is 2.35. The Labute approximate surface area is 340 Å². The maximum atomic E-state index is 6.57. The van der Waals surface area contributed by atoms with Crippen LogP contribution in [-0.4, -0.2) is 15.0 Å². The van der Waals surface area contributed by atoms with Crippen molar-refractivity contribution in [3.8, 4) is 67.5 Å². The van der Waals surface area contributed by atoms with E-state index in [1.807, 2.05) is 36.4 Å². The van der Waals surface area contributed by atoms with Gasteiger partial charge in [-0.3, -0.25) is 0 Å². The molecule has 59 heavy (non-hydrogen) atoms. The normalized spacial score (nSPS) is 13.1. The van der Waals surface area contributed by atoms with Crippen molar-refractivity contribution in [2.75, 3.05) is 0 Å². The van der Waals surface area contributed by atoms with E-state index >= 15 is 0 Å². The zero-order valence-corrected chi connectivity index (χ0v) is 32.4. The molecule has 0 saturated carbocycles. The molecule has 0 amide bonds. The zero-order valence-electron chi connectivity index (χ0n) is 32.4. The molecule has 3 aromatic heterocycles. The Hall–Kier alpha value is -7.63. The van der Waals surface area contributed by atoms with E-state index in [9.17, 15) is 0 Å². The summed E-state index contributed by atoms with van der Waals surface area (Å²) in [5, 5.41) is 4.14. The Morgan fingerprint density at radius 1 is 0.339 bits per heavy atom. The summed E-state index contributed by atoms with van der Waals surface area (Å²) >= 11 is 0. The Balaban J connectivity index is 1.06. The highest BCUT2D eigenvalue weighted by molar-refractivity contribution is 6.19. The second-order valence-electron chi connectivity index (χ2n) is 15.9. The minimum atomic E-state index is -0.157. The van der Waals surface area contributed by atoms with Gasteiger partial charge < -0.3 is 8.83 Å². The molecule has 0 unspecified atom stereocenters. The first-order valence-corrected chi connectivity index (χ1v) is 20.0. The molecule has 278 valence electrons. The third-order valence-corrected chi connectivity index (χ3v) is 12.2. The van der Waals surface area contributed by atoms with Crippen molar-refractivity contribution >= 4 is 43.9 Å². The van der Waals surface area contributed by atoms with Crippen molar-refractivity contribution in [2.24, 2.45) is 0 Å². The summed E-state index contributed by atoms with van der Waals surface area (Å²) in [5.41, 5.74) is 15.5. The summed E-state index contributed by atoms with van der Waals surface area (Å²) in [6, 6.07) is 61.2. The van der Waals surface area contributed by atoms with E-state index in [4.69, 9.17) is 23.8 Å². The molecule has 0 radical (unpaired) electrons. The van der Waals surface area contributed by atoms with Crippen LogP contribution in [-0.2, 0) is 5.41 Å². The average molecular weight is 758 g/mol. The van der Waals surface area contributed by atoms with Crippen LogP contribution in [0.3, 0.4) is 0 Å². The second kappa shape index (κ2) is 12.7. The quantitative estimate of drug-likeness (QED) is 0.175. The molecule has 0 atom stereocenters. The zero-order chi connectivity index (χ0) is 39.2. The Kier molecular flexibility index (Phi) is 7.20. The first kappa shape index (κ1) is 33.5. The molecule has 0 fully saturated rings. The van der Waals surface area contributed by atoms with Gasteiger partial charge in [-0.15, -0.1) is 0 Å². The Morgan fingerprint density at radius 2 is 0.864 bits per heavy atom. The van der Waals surface area contributed by atoms with Crippen molar-refractivity contribution in [3.05, 3.63) is 187 Å². The molecule has 1 aliphatic rings. The fourth-order valence-electron chi connectivity index (χ4n) is 9.33. The van der Waals surface area contributed by atoms with E-state index in [0.29, 0.717) is 17.5 Å². The number of nitrogens with zero attached hydrogens (tertiary/aromatic N) is 3. The summed E-state index contributed by atoms with van der Waals surface area (Å²) < 4.78 is 13.1. The number of hydrogen-bond acceptors (Lipinski definition) is 5. The van der Waals surface area contributed by atoms with E-state index in [0.717, 1.165) is 82.8 Å². The number of aromatic nitrogens is 3. The Morgan fingerprint density at radius 3 is 1.59 bits per heavy atom. The monoisotopic (exact) mass is 757 g/mol. The van der Waals surface area contributed by atoms with E-state index in [-0.39, 0.29) is 5.41 Å². The van der Waals surface area contributed by atoms with Crippen LogP contribution in [0.2, 0.25) is 0 Å². The molecule has 3 heterocycles. The second-order valence-corrected chi connectivity index (χ2v) is 15.9. The molecule has 12 rings (SSSR count). The van der Waals surface area contributed by atoms with Gasteiger partial charge >= 0.3 is 0 Å². The SMILES string of the molecule is CC1(C)c2ccccc2-c2ccc(-c3nc(-c4ccccc4)nc(-c4cccc5oc6ccc(-c7cccc8oc9cccc(-c%10ccccc%10)c9c78)cc6c45)n3)cc21. The predicted molar refractivity (Wildman–Crippen MR) is 239 cm³/mol. The van der Waals surface area contributed by atoms with Crippen LogP contribution in [0, 0.1) is 0 Å². The molecule has 11 aromatic rings. The molecule has 0 N–H and O–H groups in total. The van der Waals surface area contributed by atoms with Crippen LogP contribution in [0.25, 0.3) is 111 Å². The molecule has 5 nitrogen and oxygen atoms in total. The van der Waals surface area contributed by atoms with Gasteiger partial charge in [0.15, 0.2) is 17.5 Å². The van der Waals surface area contributed by atoms with Crippen LogP contribution in [0.1, 0.15) is 25.0 Å². The standard InChI is InChI=1S/C54H35N3O2/c1-54(2)42-22-10-9-18-38(42)39-28-26-35(31-43(39)54)52-55-51(33-16-7-4-8-17-33)56-53(57-52)40-21-13-23-45-48(40)41-30-34(27-29-44(41)58-45)37-20-12-25-47-50(37)49-36(19-11-24-46(49)59-47)32-14-5-3-6-15-32/h3-31H,1-2H3. The van der Waals surface area contributed by atoms with Crippen LogP contribution in [0.4, 0.5) is 0 Å². The number of benzene rings is 8. The predicted octanol–water partition coefficient (Wildman–Crippen LogP) is 14.3.